The Balaban J connectivity index is 1.82. The third-order valence-corrected chi connectivity index (χ3v) is 4.71. The maximum Gasteiger partial charge on any atom is 0.196 e. The van der Waals surface area contributed by atoms with Crippen molar-refractivity contribution in [2.75, 3.05) is 12.5 Å². The summed E-state index contributed by atoms with van der Waals surface area (Å²) < 4.78 is 5.12. The molecule has 1 aromatic heterocycles. The van der Waals surface area contributed by atoms with E-state index in [9.17, 15) is 5.26 Å². The van der Waals surface area contributed by atoms with Crippen LogP contribution in [0.3, 0.4) is 0 Å². The predicted molar refractivity (Wildman–Crippen MR) is 106 cm³/mol. The molecular formula is C20H18N4OS. The first-order chi connectivity index (χ1) is 12.6. The van der Waals surface area contributed by atoms with Crippen molar-refractivity contribution in [1.82, 2.24) is 4.98 Å². The van der Waals surface area contributed by atoms with Gasteiger partial charge in [-0.1, -0.05) is 23.8 Å². The topological polar surface area (TPSA) is 70.3 Å². The van der Waals surface area contributed by atoms with Crippen LogP contribution in [0.1, 0.15) is 16.1 Å². The summed E-state index contributed by atoms with van der Waals surface area (Å²) in [6.07, 6.45) is 0. The molecule has 0 amide bonds. The van der Waals surface area contributed by atoms with E-state index >= 15 is 0 Å². The van der Waals surface area contributed by atoms with Gasteiger partial charge in [-0.25, -0.2) is 4.98 Å². The fourth-order valence-corrected chi connectivity index (χ4v) is 3.27. The molecule has 5 nitrogen and oxygen atoms in total. The van der Waals surface area contributed by atoms with Crippen molar-refractivity contribution in [2.45, 2.75) is 13.8 Å². The van der Waals surface area contributed by atoms with Crippen LogP contribution in [0.15, 0.2) is 52.9 Å². The highest BCUT2D eigenvalue weighted by atomic mass is 32.1. The number of aromatic nitrogens is 1. The van der Waals surface area contributed by atoms with E-state index in [2.05, 4.69) is 53.6 Å². The van der Waals surface area contributed by atoms with Crippen LogP contribution in [0, 0.1) is 25.2 Å². The highest BCUT2D eigenvalue weighted by Crippen LogP contribution is 2.26. The number of aryl methyl sites for hydroxylation is 2. The minimum absolute atomic E-state index is 0.252. The Morgan fingerprint density at radius 3 is 2.62 bits per heavy atom. The van der Waals surface area contributed by atoms with Crippen molar-refractivity contribution in [2.24, 2.45) is 5.10 Å². The molecule has 0 radical (unpaired) electrons. The molecule has 0 spiro atoms. The Bertz CT molecular complexity index is 984. The Morgan fingerprint density at radius 2 is 1.96 bits per heavy atom. The lowest BCUT2D eigenvalue weighted by atomic mass is 10.0. The molecule has 26 heavy (non-hydrogen) atoms. The molecule has 0 saturated heterocycles. The minimum Gasteiger partial charge on any atom is -0.497 e. The smallest absolute Gasteiger partial charge is 0.196 e. The molecule has 0 aliphatic heterocycles. The van der Waals surface area contributed by atoms with Gasteiger partial charge in [0, 0.05) is 10.9 Å². The molecule has 0 aliphatic rings. The van der Waals surface area contributed by atoms with Crippen LogP contribution in [-0.2, 0) is 0 Å². The summed E-state index contributed by atoms with van der Waals surface area (Å²) in [5.41, 5.74) is 8.21. The number of rotatable bonds is 5. The van der Waals surface area contributed by atoms with Crippen LogP contribution in [0.2, 0.25) is 0 Å². The summed E-state index contributed by atoms with van der Waals surface area (Å²) in [5.74, 6) is 0.762. The van der Waals surface area contributed by atoms with Gasteiger partial charge < -0.3 is 4.74 Å². The highest BCUT2D eigenvalue weighted by molar-refractivity contribution is 7.12. The zero-order valence-electron chi connectivity index (χ0n) is 14.8. The lowest BCUT2D eigenvalue weighted by molar-refractivity contribution is 0.415. The van der Waals surface area contributed by atoms with Crippen molar-refractivity contribution in [3.63, 3.8) is 0 Å². The van der Waals surface area contributed by atoms with E-state index in [0.717, 1.165) is 28.3 Å². The van der Waals surface area contributed by atoms with Gasteiger partial charge in [-0.2, -0.15) is 10.4 Å². The fourth-order valence-electron chi connectivity index (χ4n) is 2.51. The quantitative estimate of drug-likeness (QED) is 0.524. The second-order valence-corrected chi connectivity index (χ2v) is 6.63. The van der Waals surface area contributed by atoms with Crippen LogP contribution < -0.4 is 10.2 Å². The van der Waals surface area contributed by atoms with Gasteiger partial charge in [0.05, 0.1) is 18.5 Å². The largest absolute Gasteiger partial charge is 0.497 e. The maximum absolute atomic E-state index is 9.44. The number of hydrogen-bond donors (Lipinski definition) is 1. The second-order valence-electron chi connectivity index (χ2n) is 5.77. The molecule has 1 heterocycles. The fraction of sp³-hybridized carbons (Fsp3) is 0.150. The van der Waals surface area contributed by atoms with Crippen LogP contribution in [0.4, 0.5) is 5.69 Å². The van der Waals surface area contributed by atoms with Crippen LogP contribution >= 0.6 is 11.3 Å². The summed E-state index contributed by atoms with van der Waals surface area (Å²) in [7, 11) is 1.62. The van der Waals surface area contributed by atoms with E-state index in [1.54, 1.807) is 7.11 Å². The standard InChI is InChI=1S/C20H18N4OS/c1-13-4-9-17(14(2)10-13)19-12-26-20(22-19)18(11-21)24-23-15-5-7-16(25-3)8-6-15/h4-10,12,23H,1-3H3/b24-18+. The molecule has 3 aromatic rings. The van der Waals surface area contributed by atoms with E-state index in [-0.39, 0.29) is 5.71 Å². The van der Waals surface area contributed by atoms with Gasteiger partial charge in [0.15, 0.2) is 10.7 Å². The maximum atomic E-state index is 9.44. The molecule has 0 fully saturated rings. The van der Waals surface area contributed by atoms with Crippen molar-refractivity contribution in [1.29, 1.82) is 5.26 Å². The van der Waals surface area contributed by atoms with E-state index in [4.69, 9.17) is 4.74 Å². The molecule has 0 bridgehead atoms. The first-order valence-electron chi connectivity index (χ1n) is 8.02. The average molecular weight is 362 g/mol. The number of anilines is 1. The van der Waals surface area contributed by atoms with E-state index < -0.39 is 0 Å². The van der Waals surface area contributed by atoms with Gasteiger partial charge in [0.1, 0.15) is 11.8 Å². The third kappa shape index (κ3) is 3.90. The normalized spacial score (nSPS) is 11.1. The number of nitriles is 1. The van der Waals surface area contributed by atoms with Gasteiger partial charge in [-0.05, 0) is 43.7 Å². The molecule has 0 saturated carbocycles. The third-order valence-electron chi connectivity index (χ3n) is 3.86. The van der Waals surface area contributed by atoms with E-state index in [1.807, 2.05) is 29.6 Å². The van der Waals surface area contributed by atoms with Crippen molar-refractivity contribution in [3.8, 4) is 23.1 Å². The van der Waals surface area contributed by atoms with Crippen molar-refractivity contribution in [3.05, 3.63) is 64.0 Å². The summed E-state index contributed by atoms with van der Waals surface area (Å²) >= 11 is 1.41. The second kappa shape index (κ2) is 7.81. The number of nitrogens with one attached hydrogen (secondary N) is 1. The molecule has 0 aliphatic carbocycles. The molecule has 130 valence electrons. The van der Waals surface area contributed by atoms with Crippen LogP contribution in [0.5, 0.6) is 5.75 Å². The Morgan fingerprint density at radius 1 is 1.19 bits per heavy atom. The van der Waals surface area contributed by atoms with E-state index in [1.165, 1.54) is 16.9 Å². The first kappa shape index (κ1) is 17.6. The van der Waals surface area contributed by atoms with Crippen molar-refractivity contribution < 1.29 is 4.74 Å². The zero-order valence-corrected chi connectivity index (χ0v) is 15.6. The number of methoxy groups -OCH3 is 1. The monoisotopic (exact) mass is 362 g/mol. The molecule has 1 N–H and O–H groups in total. The molecule has 3 rings (SSSR count). The van der Waals surface area contributed by atoms with Gasteiger partial charge in [0.2, 0.25) is 0 Å². The molecule has 0 unspecified atom stereocenters. The van der Waals surface area contributed by atoms with Crippen molar-refractivity contribution >= 4 is 22.7 Å². The molecular weight excluding hydrogens is 344 g/mol. The lowest BCUT2D eigenvalue weighted by Crippen LogP contribution is -2.01. The number of nitrogens with zero attached hydrogens (tertiary/aromatic N) is 3. The van der Waals surface area contributed by atoms with Gasteiger partial charge >= 0.3 is 0 Å². The molecule has 0 atom stereocenters. The number of hydrazone groups is 1. The minimum atomic E-state index is 0.252. The summed E-state index contributed by atoms with van der Waals surface area (Å²) in [4.78, 5) is 4.59. The Labute approximate surface area is 156 Å². The summed E-state index contributed by atoms with van der Waals surface area (Å²) in [5, 5.41) is 16.2. The van der Waals surface area contributed by atoms with E-state index in [0.29, 0.717) is 5.01 Å². The zero-order chi connectivity index (χ0) is 18.5. The molecule has 6 heteroatoms. The highest BCUT2D eigenvalue weighted by Gasteiger charge is 2.12. The number of thiazole rings is 1. The van der Waals surface area contributed by atoms with Gasteiger partial charge in [-0.15, -0.1) is 11.3 Å². The summed E-state index contributed by atoms with van der Waals surface area (Å²) in [6, 6.07) is 15.7. The SMILES string of the molecule is COc1ccc(N/N=C(\C#N)c2nc(-c3ccc(C)cc3C)cs2)cc1. The Hall–Kier alpha value is -3.17. The number of benzene rings is 2. The number of hydrogen-bond acceptors (Lipinski definition) is 6. The van der Waals surface area contributed by atoms with Gasteiger partial charge in [-0.3, -0.25) is 5.43 Å². The Kier molecular flexibility index (Phi) is 5.30. The predicted octanol–water partition coefficient (Wildman–Crippen LogP) is 4.78. The van der Waals surface area contributed by atoms with Crippen LogP contribution in [0.25, 0.3) is 11.3 Å². The average Bonchev–Trinajstić information content (AvgIpc) is 3.12. The summed E-state index contributed by atoms with van der Waals surface area (Å²) in [6.45, 7) is 4.13. The van der Waals surface area contributed by atoms with Crippen LogP contribution in [-0.4, -0.2) is 17.8 Å². The van der Waals surface area contributed by atoms with Gasteiger partial charge in [0.25, 0.3) is 0 Å². The lowest BCUT2D eigenvalue weighted by Gasteiger charge is -2.04. The first-order valence-corrected chi connectivity index (χ1v) is 8.90. The molecule has 2 aromatic carbocycles. The number of ether oxygens (including phenoxy) is 1.